The second kappa shape index (κ2) is 9.67. The number of furan rings is 2. The molecule has 10 heteroatoms. The van der Waals surface area contributed by atoms with Gasteiger partial charge < -0.3 is 14.2 Å². The van der Waals surface area contributed by atoms with Crippen LogP contribution in [0.5, 0.6) is 0 Å². The summed E-state index contributed by atoms with van der Waals surface area (Å²) >= 11 is 0. The molecule has 0 atom stereocenters. The van der Waals surface area contributed by atoms with Crippen molar-refractivity contribution in [3.8, 4) is 11.3 Å². The van der Waals surface area contributed by atoms with E-state index in [-0.39, 0.29) is 28.5 Å². The summed E-state index contributed by atoms with van der Waals surface area (Å²) in [5.74, 6) is -0.434. The normalized spacial score (nSPS) is 12.5. The number of carbonyl (C=O) groups is 1. The summed E-state index contributed by atoms with van der Waals surface area (Å²) in [4.78, 5) is 12.2. The molecule has 1 amide bonds. The summed E-state index contributed by atoms with van der Waals surface area (Å²) in [7, 11) is -4.26. The first-order valence-electron chi connectivity index (χ1n) is 10.2. The van der Waals surface area contributed by atoms with Crippen molar-refractivity contribution in [3.63, 3.8) is 0 Å². The first-order chi connectivity index (χ1) is 16.6. The van der Waals surface area contributed by atoms with Crippen molar-refractivity contribution >= 4 is 21.8 Å². The van der Waals surface area contributed by atoms with Crippen LogP contribution >= 0.6 is 0 Å². The molecule has 4 aromatic rings. The van der Waals surface area contributed by atoms with E-state index < -0.39 is 32.4 Å². The number of halogens is 3. The smallest absolute Gasteiger partial charge is 0.416 e. The zero-order valence-electron chi connectivity index (χ0n) is 18.0. The minimum atomic E-state index is -4.53. The number of rotatable bonds is 7. The van der Waals surface area contributed by atoms with E-state index in [0.29, 0.717) is 5.76 Å². The molecule has 0 bridgehead atoms. The first kappa shape index (κ1) is 24.1. The van der Waals surface area contributed by atoms with Gasteiger partial charge in [-0.15, -0.1) is 0 Å². The van der Waals surface area contributed by atoms with Crippen LogP contribution in [0.2, 0.25) is 0 Å². The summed E-state index contributed by atoms with van der Waals surface area (Å²) in [6.45, 7) is -0.0544. The number of benzene rings is 2. The second-order valence-electron chi connectivity index (χ2n) is 7.37. The van der Waals surface area contributed by atoms with Gasteiger partial charge in [0, 0.05) is 11.6 Å². The Morgan fingerprint density at radius 3 is 2.40 bits per heavy atom. The van der Waals surface area contributed by atoms with Crippen molar-refractivity contribution < 1.29 is 35.2 Å². The molecule has 180 valence electrons. The third-order valence-corrected chi connectivity index (χ3v) is 6.72. The monoisotopic (exact) mass is 501 g/mol. The number of sulfone groups is 1. The maximum absolute atomic E-state index is 13.3. The Hall–Kier alpha value is -4.05. The van der Waals surface area contributed by atoms with E-state index in [4.69, 9.17) is 8.83 Å². The van der Waals surface area contributed by atoms with Gasteiger partial charge in [-0.1, -0.05) is 30.3 Å². The lowest BCUT2D eigenvalue weighted by atomic mass is 10.1. The van der Waals surface area contributed by atoms with Gasteiger partial charge in [-0.2, -0.15) is 13.2 Å². The lowest BCUT2D eigenvalue weighted by Crippen LogP contribution is -2.28. The third kappa shape index (κ3) is 5.55. The molecule has 0 radical (unpaired) electrons. The lowest BCUT2D eigenvalue weighted by molar-refractivity contribution is -0.137. The number of hydrogen-bond acceptors (Lipinski definition) is 5. The highest BCUT2D eigenvalue weighted by Gasteiger charge is 2.31. The molecule has 35 heavy (non-hydrogen) atoms. The van der Waals surface area contributed by atoms with Gasteiger partial charge in [0.2, 0.25) is 9.84 Å². The van der Waals surface area contributed by atoms with Crippen molar-refractivity contribution in [2.24, 2.45) is 0 Å². The maximum atomic E-state index is 13.3. The molecule has 6 nitrogen and oxygen atoms in total. The zero-order valence-corrected chi connectivity index (χ0v) is 18.8. The van der Waals surface area contributed by atoms with E-state index in [0.717, 1.165) is 18.2 Å². The number of alkyl halides is 3. The molecule has 0 saturated carbocycles. The molecule has 2 aromatic carbocycles. The predicted octanol–water partition coefficient (Wildman–Crippen LogP) is 5.69. The van der Waals surface area contributed by atoms with Crippen molar-refractivity contribution in [2.45, 2.75) is 17.6 Å². The molecule has 0 fully saturated rings. The van der Waals surface area contributed by atoms with E-state index >= 15 is 0 Å². The molecular weight excluding hydrogens is 483 g/mol. The molecule has 0 unspecified atom stereocenters. The molecule has 0 saturated heterocycles. The standard InChI is InChI=1S/C25H18F3NO5S/c26-25(27,28)18-7-4-6-17(14-18)22-12-11-19(34-22)15-23(24(30)29-16-20-8-5-13-33-20)35(31,32)21-9-2-1-3-10-21/h1-15H,16H2,(H,29,30)/b23-15-. The Balaban J connectivity index is 1.70. The van der Waals surface area contributed by atoms with E-state index in [2.05, 4.69) is 5.32 Å². The van der Waals surface area contributed by atoms with Gasteiger partial charge in [-0.3, -0.25) is 4.79 Å². The molecule has 4 rings (SSSR count). The van der Waals surface area contributed by atoms with Crippen LogP contribution in [-0.4, -0.2) is 14.3 Å². The first-order valence-corrected chi connectivity index (χ1v) is 11.7. The van der Waals surface area contributed by atoms with E-state index in [1.807, 2.05) is 0 Å². The molecule has 2 heterocycles. The Morgan fingerprint density at radius 2 is 1.71 bits per heavy atom. The van der Waals surface area contributed by atoms with Gasteiger partial charge >= 0.3 is 6.18 Å². The van der Waals surface area contributed by atoms with E-state index in [9.17, 15) is 26.4 Å². The average Bonchev–Trinajstić information content (AvgIpc) is 3.53. The zero-order chi connectivity index (χ0) is 25.1. The predicted molar refractivity (Wildman–Crippen MR) is 121 cm³/mol. The minimum absolute atomic E-state index is 0.0277. The molecule has 1 N–H and O–H groups in total. The van der Waals surface area contributed by atoms with Crippen LogP contribution in [0.25, 0.3) is 17.4 Å². The molecule has 0 aliphatic carbocycles. The Kier molecular flexibility index (Phi) is 6.65. The van der Waals surface area contributed by atoms with Crippen LogP contribution in [0.1, 0.15) is 17.1 Å². The average molecular weight is 501 g/mol. The Morgan fingerprint density at radius 1 is 0.943 bits per heavy atom. The van der Waals surface area contributed by atoms with Gasteiger partial charge in [0.05, 0.1) is 23.3 Å². The van der Waals surface area contributed by atoms with E-state index in [1.165, 1.54) is 54.8 Å². The van der Waals surface area contributed by atoms with E-state index in [1.54, 1.807) is 18.2 Å². The quantitative estimate of drug-likeness (QED) is 0.329. The van der Waals surface area contributed by atoms with Crippen LogP contribution in [0.3, 0.4) is 0 Å². The van der Waals surface area contributed by atoms with Crippen LogP contribution in [0, 0.1) is 0 Å². The minimum Gasteiger partial charge on any atom is -0.467 e. The fourth-order valence-electron chi connectivity index (χ4n) is 3.22. The lowest BCUT2D eigenvalue weighted by Gasteiger charge is -2.09. The Labute approximate surface area is 198 Å². The van der Waals surface area contributed by atoms with Crippen molar-refractivity contribution in [2.75, 3.05) is 0 Å². The fourth-order valence-corrected chi connectivity index (χ4v) is 4.58. The van der Waals surface area contributed by atoms with Crippen LogP contribution in [0.15, 0.2) is 104 Å². The van der Waals surface area contributed by atoms with Crippen molar-refractivity contribution in [3.05, 3.63) is 107 Å². The molecular formula is C25H18F3NO5S. The largest absolute Gasteiger partial charge is 0.467 e. The summed E-state index contributed by atoms with van der Waals surface area (Å²) in [6, 6.07) is 17.9. The fraction of sp³-hybridized carbons (Fsp3) is 0.0800. The van der Waals surface area contributed by atoms with Gasteiger partial charge in [0.1, 0.15) is 22.2 Å². The topological polar surface area (TPSA) is 89.5 Å². The molecule has 0 aliphatic heterocycles. The SMILES string of the molecule is O=C(NCc1ccco1)/C(=C/c1ccc(-c2cccc(C(F)(F)F)c2)o1)S(=O)(=O)c1ccccc1. The highest BCUT2D eigenvalue weighted by atomic mass is 32.2. The van der Waals surface area contributed by atoms with Gasteiger partial charge in [-0.25, -0.2) is 8.42 Å². The number of hydrogen-bond donors (Lipinski definition) is 1. The van der Waals surface area contributed by atoms with Crippen molar-refractivity contribution in [1.82, 2.24) is 5.32 Å². The highest BCUT2D eigenvalue weighted by Crippen LogP contribution is 2.33. The van der Waals surface area contributed by atoms with Crippen LogP contribution in [0.4, 0.5) is 13.2 Å². The Bertz CT molecular complexity index is 1450. The molecule has 0 spiro atoms. The number of nitrogens with one attached hydrogen (secondary N) is 1. The summed E-state index contributed by atoms with van der Waals surface area (Å²) < 4.78 is 76.4. The maximum Gasteiger partial charge on any atom is 0.416 e. The third-order valence-electron chi connectivity index (χ3n) is 4.94. The summed E-state index contributed by atoms with van der Waals surface area (Å²) in [5.41, 5.74) is -0.706. The number of carbonyl (C=O) groups excluding carboxylic acids is 1. The summed E-state index contributed by atoms with van der Waals surface area (Å²) in [6.07, 6.45) is -2.08. The second-order valence-corrected chi connectivity index (χ2v) is 9.29. The van der Waals surface area contributed by atoms with Gasteiger partial charge in [0.15, 0.2) is 0 Å². The molecule has 0 aliphatic rings. The van der Waals surface area contributed by atoms with Crippen LogP contribution < -0.4 is 5.32 Å². The molecule has 2 aromatic heterocycles. The van der Waals surface area contributed by atoms with Crippen LogP contribution in [-0.2, 0) is 27.4 Å². The van der Waals surface area contributed by atoms with Crippen molar-refractivity contribution in [1.29, 1.82) is 0 Å². The van der Waals surface area contributed by atoms with Gasteiger partial charge in [0.25, 0.3) is 5.91 Å². The number of amides is 1. The summed E-state index contributed by atoms with van der Waals surface area (Å²) in [5, 5.41) is 2.50. The highest BCUT2D eigenvalue weighted by molar-refractivity contribution is 7.96. The van der Waals surface area contributed by atoms with Gasteiger partial charge in [-0.05, 0) is 48.5 Å².